The maximum atomic E-state index is 11.5. The summed E-state index contributed by atoms with van der Waals surface area (Å²) in [5.41, 5.74) is 4.89. The number of rotatable bonds is 7. The van der Waals surface area contributed by atoms with Crippen molar-refractivity contribution < 1.29 is 19.5 Å². The minimum atomic E-state index is -1.29. The highest BCUT2D eigenvalue weighted by Crippen LogP contribution is 1.95. The monoisotopic (exact) mass is 254 g/mol. The van der Waals surface area contributed by atoms with Crippen molar-refractivity contribution in [2.45, 2.75) is 25.4 Å². The van der Waals surface area contributed by atoms with Gasteiger partial charge in [-0.15, -0.1) is 0 Å². The summed E-state index contributed by atoms with van der Waals surface area (Å²) >= 11 is 0. The van der Waals surface area contributed by atoms with Gasteiger partial charge >= 0.3 is 5.97 Å². The van der Waals surface area contributed by atoms with Crippen molar-refractivity contribution in [2.75, 3.05) is 0 Å². The van der Waals surface area contributed by atoms with E-state index >= 15 is 0 Å². The van der Waals surface area contributed by atoms with E-state index in [9.17, 15) is 14.4 Å². The Balaban J connectivity index is 2.41. The van der Waals surface area contributed by atoms with Gasteiger partial charge in [0.25, 0.3) is 0 Å². The lowest BCUT2D eigenvalue weighted by Gasteiger charge is -2.12. The highest BCUT2D eigenvalue weighted by atomic mass is 16.4. The van der Waals surface area contributed by atoms with Crippen molar-refractivity contribution in [3.8, 4) is 0 Å². The van der Waals surface area contributed by atoms with E-state index in [-0.39, 0.29) is 6.42 Å². The Kier molecular flexibility index (Phi) is 4.85. The van der Waals surface area contributed by atoms with Crippen LogP contribution in [0.15, 0.2) is 18.7 Å². The number of amides is 2. The van der Waals surface area contributed by atoms with Crippen LogP contribution in [-0.2, 0) is 20.9 Å². The molecule has 0 spiro atoms. The largest absolute Gasteiger partial charge is 0.480 e. The zero-order valence-corrected chi connectivity index (χ0v) is 9.57. The van der Waals surface area contributed by atoms with Crippen molar-refractivity contribution >= 4 is 17.8 Å². The van der Waals surface area contributed by atoms with E-state index in [1.54, 1.807) is 23.3 Å². The standard InChI is InChI=1S/C10H14N4O4/c11-8(15)5-7(10(17)18)13-9(16)1-3-14-4-2-12-6-14/h2,4,6-7H,1,3,5H2,(H2,11,15)(H,13,16)(H,17,18)/t7-/m0/s1. The van der Waals surface area contributed by atoms with E-state index in [1.165, 1.54) is 0 Å². The third-order valence-corrected chi connectivity index (χ3v) is 2.19. The van der Waals surface area contributed by atoms with Crippen molar-refractivity contribution in [1.82, 2.24) is 14.9 Å². The Morgan fingerprint density at radius 3 is 2.67 bits per heavy atom. The number of aromatic nitrogens is 2. The molecule has 8 heteroatoms. The summed E-state index contributed by atoms with van der Waals surface area (Å²) < 4.78 is 1.68. The van der Waals surface area contributed by atoms with Crippen LogP contribution in [0, 0.1) is 0 Å². The van der Waals surface area contributed by atoms with Crippen LogP contribution in [0.1, 0.15) is 12.8 Å². The topological polar surface area (TPSA) is 127 Å². The molecule has 0 unspecified atom stereocenters. The molecule has 0 aromatic carbocycles. The zero-order chi connectivity index (χ0) is 13.5. The normalized spacial score (nSPS) is 11.8. The molecule has 1 aromatic heterocycles. The third kappa shape index (κ3) is 4.64. The van der Waals surface area contributed by atoms with Crippen LogP contribution in [0.2, 0.25) is 0 Å². The molecule has 98 valence electrons. The average Bonchev–Trinajstić information content (AvgIpc) is 2.77. The molecule has 1 heterocycles. The van der Waals surface area contributed by atoms with Crippen molar-refractivity contribution in [1.29, 1.82) is 0 Å². The van der Waals surface area contributed by atoms with Gasteiger partial charge in [0.15, 0.2) is 0 Å². The van der Waals surface area contributed by atoms with E-state index < -0.39 is 30.2 Å². The maximum Gasteiger partial charge on any atom is 0.326 e. The van der Waals surface area contributed by atoms with Gasteiger partial charge in [0, 0.05) is 25.4 Å². The van der Waals surface area contributed by atoms with Crippen molar-refractivity contribution in [3.63, 3.8) is 0 Å². The molecule has 1 aromatic rings. The molecule has 4 N–H and O–H groups in total. The van der Waals surface area contributed by atoms with Gasteiger partial charge in [-0.3, -0.25) is 9.59 Å². The molecule has 8 nitrogen and oxygen atoms in total. The lowest BCUT2D eigenvalue weighted by Crippen LogP contribution is -2.43. The zero-order valence-electron chi connectivity index (χ0n) is 9.57. The van der Waals surface area contributed by atoms with Gasteiger partial charge in [-0.2, -0.15) is 0 Å². The SMILES string of the molecule is NC(=O)C[C@H](NC(=O)CCn1ccnc1)C(=O)O. The first-order valence-electron chi connectivity index (χ1n) is 5.25. The Labute approximate surface area is 103 Å². The average molecular weight is 254 g/mol. The summed E-state index contributed by atoms with van der Waals surface area (Å²) in [6.07, 6.45) is 4.48. The molecular formula is C10H14N4O4. The fourth-order valence-corrected chi connectivity index (χ4v) is 1.32. The van der Waals surface area contributed by atoms with E-state index in [0.717, 1.165) is 0 Å². The van der Waals surface area contributed by atoms with Crippen LogP contribution >= 0.6 is 0 Å². The molecule has 0 aliphatic heterocycles. The van der Waals surface area contributed by atoms with Gasteiger partial charge in [-0.05, 0) is 0 Å². The predicted molar refractivity (Wildman–Crippen MR) is 60.2 cm³/mol. The van der Waals surface area contributed by atoms with Crippen LogP contribution in [0.3, 0.4) is 0 Å². The Bertz CT molecular complexity index is 429. The van der Waals surface area contributed by atoms with Crippen LogP contribution < -0.4 is 11.1 Å². The number of aliphatic carboxylic acids is 1. The molecular weight excluding hydrogens is 240 g/mol. The molecule has 0 saturated carbocycles. The van der Waals surface area contributed by atoms with Gasteiger partial charge in [-0.1, -0.05) is 0 Å². The maximum absolute atomic E-state index is 11.5. The molecule has 18 heavy (non-hydrogen) atoms. The Hall–Kier alpha value is -2.38. The van der Waals surface area contributed by atoms with Gasteiger partial charge in [0.05, 0.1) is 12.7 Å². The lowest BCUT2D eigenvalue weighted by molar-refractivity contribution is -0.143. The molecule has 0 saturated heterocycles. The summed E-state index contributed by atoms with van der Waals surface area (Å²) in [5.74, 6) is -2.53. The molecule has 0 aliphatic rings. The molecule has 1 atom stereocenters. The number of primary amides is 1. The van der Waals surface area contributed by atoms with E-state index in [1.807, 2.05) is 0 Å². The Morgan fingerprint density at radius 1 is 1.44 bits per heavy atom. The highest BCUT2D eigenvalue weighted by Gasteiger charge is 2.21. The number of carboxylic acid groups (broad SMARTS) is 1. The van der Waals surface area contributed by atoms with Gasteiger partial charge in [0.1, 0.15) is 6.04 Å². The Morgan fingerprint density at radius 2 is 2.17 bits per heavy atom. The van der Waals surface area contributed by atoms with Crippen LogP contribution in [0.5, 0.6) is 0 Å². The lowest BCUT2D eigenvalue weighted by atomic mass is 10.2. The number of nitrogens with two attached hydrogens (primary N) is 1. The predicted octanol–water partition coefficient (Wildman–Crippen LogP) is -1.28. The number of hydrogen-bond donors (Lipinski definition) is 3. The summed E-state index contributed by atoms with van der Waals surface area (Å²) in [6, 6.07) is -1.28. The summed E-state index contributed by atoms with van der Waals surface area (Å²) in [5, 5.41) is 11.0. The first-order valence-corrected chi connectivity index (χ1v) is 5.25. The quantitative estimate of drug-likeness (QED) is 0.558. The molecule has 0 radical (unpaired) electrons. The van der Waals surface area contributed by atoms with Crippen molar-refractivity contribution in [2.24, 2.45) is 5.73 Å². The van der Waals surface area contributed by atoms with Crippen molar-refractivity contribution in [3.05, 3.63) is 18.7 Å². The summed E-state index contributed by atoms with van der Waals surface area (Å²) in [7, 11) is 0. The second-order valence-corrected chi connectivity index (χ2v) is 3.68. The molecule has 0 aliphatic carbocycles. The number of nitrogens with one attached hydrogen (secondary N) is 1. The summed E-state index contributed by atoms with van der Waals surface area (Å²) in [4.78, 5) is 36.7. The fourth-order valence-electron chi connectivity index (χ4n) is 1.32. The number of hydrogen-bond acceptors (Lipinski definition) is 4. The fraction of sp³-hybridized carbons (Fsp3) is 0.400. The van der Waals surface area contributed by atoms with E-state index in [4.69, 9.17) is 10.8 Å². The first-order chi connectivity index (χ1) is 8.49. The molecule has 1 rings (SSSR count). The van der Waals surface area contributed by atoms with E-state index in [0.29, 0.717) is 6.54 Å². The van der Waals surface area contributed by atoms with E-state index in [2.05, 4.69) is 10.3 Å². The summed E-state index contributed by atoms with van der Waals surface area (Å²) in [6.45, 7) is 0.384. The molecule has 0 fully saturated rings. The molecule has 0 bridgehead atoms. The number of aryl methyl sites for hydroxylation is 1. The third-order valence-electron chi connectivity index (χ3n) is 2.19. The smallest absolute Gasteiger partial charge is 0.326 e. The number of nitrogens with zero attached hydrogens (tertiary/aromatic N) is 2. The number of carbonyl (C=O) groups is 3. The van der Waals surface area contributed by atoms with Gasteiger partial charge < -0.3 is 20.7 Å². The molecule has 2 amide bonds. The second kappa shape index (κ2) is 6.38. The van der Waals surface area contributed by atoms with Gasteiger partial charge in [0.2, 0.25) is 11.8 Å². The first kappa shape index (κ1) is 13.7. The van der Waals surface area contributed by atoms with Crippen LogP contribution in [0.4, 0.5) is 0 Å². The second-order valence-electron chi connectivity index (χ2n) is 3.68. The van der Waals surface area contributed by atoms with Crippen LogP contribution in [0.25, 0.3) is 0 Å². The van der Waals surface area contributed by atoms with Crippen LogP contribution in [-0.4, -0.2) is 38.5 Å². The number of imidazole rings is 1. The number of carboxylic acids is 1. The minimum Gasteiger partial charge on any atom is -0.480 e. The minimum absolute atomic E-state index is 0.0961. The highest BCUT2D eigenvalue weighted by molar-refractivity contribution is 5.88. The number of carbonyl (C=O) groups excluding carboxylic acids is 2. The van der Waals surface area contributed by atoms with Gasteiger partial charge in [-0.25, -0.2) is 9.78 Å².